The largest absolute Gasteiger partial charge is 0.491 e. The molecular formula is C12H15BrFNO2. The van der Waals surface area contributed by atoms with E-state index in [4.69, 9.17) is 4.74 Å². The molecule has 1 unspecified atom stereocenters. The van der Waals surface area contributed by atoms with Crippen LogP contribution in [0.4, 0.5) is 4.39 Å². The molecule has 0 saturated heterocycles. The Kier molecular flexibility index (Phi) is 4.36. The van der Waals surface area contributed by atoms with Crippen molar-refractivity contribution >= 4 is 15.9 Å². The van der Waals surface area contributed by atoms with E-state index in [1.54, 1.807) is 12.1 Å². The van der Waals surface area contributed by atoms with Gasteiger partial charge in [-0.3, -0.25) is 0 Å². The van der Waals surface area contributed by atoms with Gasteiger partial charge in [0.25, 0.3) is 0 Å². The average molecular weight is 304 g/mol. The lowest BCUT2D eigenvalue weighted by Crippen LogP contribution is -2.32. The Labute approximate surface area is 108 Å². The summed E-state index contributed by atoms with van der Waals surface area (Å²) < 4.78 is 18.7. The molecule has 0 aliphatic heterocycles. The molecule has 17 heavy (non-hydrogen) atoms. The summed E-state index contributed by atoms with van der Waals surface area (Å²) in [6.45, 7) is 0.741. The molecule has 1 aliphatic carbocycles. The molecule has 1 aromatic rings. The second-order valence-electron chi connectivity index (χ2n) is 4.22. The number of hydrogen-bond donors (Lipinski definition) is 2. The Morgan fingerprint density at radius 1 is 1.53 bits per heavy atom. The predicted octanol–water partition coefficient (Wildman–Crippen LogP) is 2.08. The fraction of sp³-hybridized carbons (Fsp3) is 0.500. The number of ether oxygens (including phenoxy) is 1. The summed E-state index contributed by atoms with van der Waals surface area (Å²) in [5, 5.41) is 12.9. The van der Waals surface area contributed by atoms with Crippen molar-refractivity contribution < 1.29 is 14.2 Å². The number of halogens is 2. The SMILES string of the molecule is OC(CNC1CC1)COc1ccc(F)c(Br)c1. The van der Waals surface area contributed by atoms with E-state index in [1.165, 1.54) is 18.9 Å². The minimum absolute atomic E-state index is 0.206. The van der Waals surface area contributed by atoms with Crippen LogP contribution in [0.3, 0.4) is 0 Å². The van der Waals surface area contributed by atoms with E-state index >= 15 is 0 Å². The highest BCUT2D eigenvalue weighted by atomic mass is 79.9. The maximum Gasteiger partial charge on any atom is 0.137 e. The van der Waals surface area contributed by atoms with E-state index < -0.39 is 6.10 Å². The third kappa shape index (κ3) is 4.26. The molecule has 94 valence electrons. The average Bonchev–Trinajstić information content (AvgIpc) is 3.12. The molecule has 2 rings (SSSR count). The van der Waals surface area contributed by atoms with Crippen molar-refractivity contribution in [2.24, 2.45) is 0 Å². The van der Waals surface area contributed by atoms with Gasteiger partial charge >= 0.3 is 0 Å². The van der Waals surface area contributed by atoms with Gasteiger partial charge in [-0.05, 0) is 47.0 Å². The van der Waals surface area contributed by atoms with E-state index in [0.29, 0.717) is 22.8 Å². The Morgan fingerprint density at radius 2 is 2.29 bits per heavy atom. The fourth-order valence-corrected chi connectivity index (χ4v) is 1.77. The highest BCUT2D eigenvalue weighted by molar-refractivity contribution is 9.10. The number of benzene rings is 1. The van der Waals surface area contributed by atoms with Crippen molar-refractivity contribution in [3.05, 3.63) is 28.5 Å². The number of nitrogens with one attached hydrogen (secondary N) is 1. The minimum Gasteiger partial charge on any atom is -0.491 e. The van der Waals surface area contributed by atoms with Crippen LogP contribution in [0.5, 0.6) is 5.75 Å². The molecule has 1 saturated carbocycles. The first-order valence-corrected chi connectivity index (χ1v) is 6.44. The van der Waals surface area contributed by atoms with Crippen molar-refractivity contribution in [2.75, 3.05) is 13.2 Å². The lowest BCUT2D eigenvalue weighted by atomic mass is 10.3. The molecule has 0 spiro atoms. The van der Waals surface area contributed by atoms with Gasteiger partial charge in [0.05, 0.1) is 4.47 Å². The molecule has 5 heteroatoms. The zero-order valence-electron chi connectivity index (χ0n) is 9.33. The number of aliphatic hydroxyl groups is 1. The zero-order chi connectivity index (χ0) is 12.3. The molecule has 1 fully saturated rings. The van der Waals surface area contributed by atoms with Crippen molar-refractivity contribution in [3.63, 3.8) is 0 Å². The first kappa shape index (κ1) is 12.8. The van der Waals surface area contributed by atoms with Gasteiger partial charge in [-0.15, -0.1) is 0 Å². The van der Waals surface area contributed by atoms with Gasteiger partial charge in [0.1, 0.15) is 24.3 Å². The van der Waals surface area contributed by atoms with Crippen molar-refractivity contribution in [3.8, 4) is 5.75 Å². The van der Waals surface area contributed by atoms with Crippen LogP contribution in [-0.2, 0) is 0 Å². The van der Waals surface area contributed by atoms with Gasteiger partial charge in [0.15, 0.2) is 0 Å². The van der Waals surface area contributed by atoms with Crippen LogP contribution in [0.1, 0.15) is 12.8 Å². The summed E-state index contributed by atoms with van der Waals surface area (Å²) in [6.07, 6.45) is 1.84. The molecule has 0 amide bonds. The molecule has 1 atom stereocenters. The Hall–Kier alpha value is -0.650. The van der Waals surface area contributed by atoms with Crippen LogP contribution in [0, 0.1) is 5.82 Å². The van der Waals surface area contributed by atoms with Crippen molar-refractivity contribution in [2.45, 2.75) is 25.0 Å². The summed E-state index contributed by atoms with van der Waals surface area (Å²) in [5.41, 5.74) is 0. The highest BCUT2D eigenvalue weighted by Gasteiger charge is 2.21. The first-order valence-electron chi connectivity index (χ1n) is 5.64. The molecule has 2 N–H and O–H groups in total. The van der Waals surface area contributed by atoms with Gasteiger partial charge < -0.3 is 15.2 Å². The quantitative estimate of drug-likeness (QED) is 0.845. The van der Waals surface area contributed by atoms with Gasteiger partial charge in [-0.1, -0.05) is 0 Å². The van der Waals surface area contributed by atoms with Crippen LogP contribution < -0.4 is 10.1 Å². The van der Waals surface area contributed by atoms with E-state index in [1.807, 2.05) is 0 Å². The van der Waals surface area contributed by atoms with Crippen LogP contribution in [0.2, 0.25) is 0 Å². The smallest absolute Gasteiger partial charge is 0.137 e. The third-order valence-corrected chi connectivity index (χ3v) is 3.16. The van der Waals surface area contributed by atoms with Crippen LogP contribution in [0.25, 0.3) is 0 Å². The van der Waals surface area contributed by atoms with E-state index in [9.17, 15) is 9.50 Å². The summed E-state index contributed by atoms with van der Waals surface area (Å²) >= 11 is 3.08. The van der Waals surface area contributed by atoms with Gasteiger partial charge in [0, 0.05) is 12.6 Å². The fourth-order valence-electron chi connectivity index (χ4n) is 1.41. The summed E-state index contributed by atoms with van der Waals surface area (Å²) in [7, 11) is 0. The van der Waals surface area contributed by atoms with E-state index in [0.717, 1.165) is 0 Å². The Balaban J connectivity index is 1.73. The monoisotopic (exact) mass is 303 g/mol. The molecule has 1 aliphatic rings. The summed E-state index contributed by atoms with van der Waals surface area (Å²) in [4.78, 5) is 0. The third-order valence-electron chi connectivity index (χ3n) is 2.55. The van der Waals surface area contributed by atoms with Crippen LogP contribution >= 0.6 is 15.9 Å². The standard InChI is InChI=1S/C12H15BrFNO2/c13-11-5-10(3-4-12(11)14)17-7-9(16)6-15-8-1-2-8/h3-5,8-9,15-16H,1-2,6-7H2. The number of rotatable bonds is 6. The maximum atomic E-state index is 13.0. The molecule has 0 aromatic heterocycles. The Bertz CT molecular complexity index is 385. The topological polar surface area (TPSA) is 41.5 Å². The lowest BCUT2D eigenvalue weighted by Gasteiger charge is -2.13. The van der Waals surface area contributed by atoms with Crippen LogP contribution in [0.15, 0.2) is 22.7 Å². The maximum absolute atomic E-state index is 13.0. The molecular weight excluding hydrogens is 289 g/mol. The van der Waals surface area contributed by atoms with Crippen LogP contribution in [-0.4, -0.2) is 30.4 Å². The zero-order valence-corrected chi connectivity index (χ0v) is 10.9. The van der Waals surface area contributed by atoms with Crippen molar-refractivity contribution in [1.29, 1.82) is 0 Å². The number of aliphatic hydroxyl groups excluding tert-OH is 1. The normalized spacial score (nSPS) is 16.9. The molecule has 0 radical (unpaired) electrons. The van der Waals surface area contributed by atoms with Gasteiger partial charge in [-0.25, -0.2) is 4.39 Å². The second-order valence-corrected chi connectivity index (χ2v) is 5.08. The van der Waals surface area contributed by atoms with E-state index in [2.05, 4.69) is 21.2 Å². The second kappa shape index (κ2) is 5.80. The van der Waals surface area contributed by atoms with Gasteiger partial charge in [-0.2, -0.15) is 0 Å². The highest BCUT2D eigenvalue weighted by Crippen LogP contribution is 2.22. The number of hydrogen-bond acceptors (Lipinski definition) is 3. The van der Waals surface area contributed by atoms with Crippen molar-refractivity contribution in [1.82, 2.24) is 5.32 Å². The first-order chi connectivity index (χ1) is 8.15. The van der Waals surface area contributed by atoms with Gasteiger partial charge in [0.2, 0.25) is 0 Å². The predicted molar refractivity (Wildman–Crippen MR) is 66.6 cm³/mol. The summed E-state index contributed by atoms with van der Waals surface area (Å²) in [6, 6.07) is 5.00. The minimum atomic E-state index is -0.542. The Morgan fingerprint density at radius 3 is 2.94 bits per heavy atom. The van der Waals surface area contributed by atoms with E-state index in [-0.39, 0.29) is 12.4 Å². The molecule has 0 bridgehead atoms. The lowest BCUT2D eigenvalue weighted by molar-refractivity contribution is 0.106. The molecule has 0 heterocycles. The molecule has 1 aromatic carbocycles. The molecule has 3 nitrogen and oxygen atoms in total. The summed E-state index contributed by atoms with van der Waals surface area (Å²) in [5.74, 6) is 0.219.